The van der Waals surface area contributed by atoms with Gasteiger partial charge in [0.2, 0.25) is 0 Å². The lowest BCUT2D eigenvalue weighted by Gasteiger charge is -2.21. The van der Waals surface area contributed by atoms with Crippen molar-refractivity contribution in [3.05, 3.63) is 0 Å². The van der Waals surface area contributed by atoms with E-state index in [1.54, 1.807) is 0 Å². The molecule has 4 nitrogen and oxygen atoms in total. The first-order chi connectivity index (χ1) is 5.97. The van der Waals surface area contributed by atoms with Gasteiger partial charge in [0.15, 0.2) is 0 Å². The van der Waals surface area contributed by atoms with Gasteiger partial charge in [-0.3, -0.25) is 0 Å². The number of hydrogen-bond donors (Lipinski definition) is 2. The van der Waals surface area contributed by atoms with Crippen LogP contribution in [0.1, 0.15) is 27.2 Å². The van der Waals surface area contributed by atoms with Crippen molar-refractivity contribution in [2.45, 2.75) is 38.8 Å². The molecule has 0 aromatic heterocycles. The molecule has 1 heterocycles. The summed E-state index contributed by atoms with van der Waals surface area (Å²) in [6, 6.07) is 0.231. The van der Waals surface area contributed by atoms with E-state index in [9.17, 15) is 4.79 Å². The van der Waals surface area contributed by atoms with Gasteiger partial charge in [0, 0.05) is 12.6 Å². The van der Waals surface area contributed by atoms with Crippen molar-refractivity contribution >= 4 is 18.5 Å². The summed E-state index contributed by atoms with van der Waals surface area (Å²) in [7, 11) is 0. The maximum atomic E-state index is 11.3. The van der Waals surface area contributed by atoms with Gasteiger partial charge >= 0.3 is 6.09 Å². The number of carbonyl (C=O) groups is 1. The van der Waals surface area contributed by atoms with Crippen molar-refractivity contribution in [2.75, 3.05) is 13.1 Å². The van der Waals surface area contributed by atoms with Gasteiger partial charge in [0.1, 0.15) is 5.60 Å². The normalized spacial score (nSPS) is 21.2. The first-order valence-electron chi connectivity index (χ1n) is 4.67. The van der Waals surface area contributed by atoms with E-state index in [4.69, 9.17) is 4.74 Å². The molecule has 1 unspecified atom stereocenters. The van der Waals surface area contributed by atoms with Crippen LogP contribution in [0.5, 0.6) is 0 Å². The molecule has 0 aromatic rings. The van der Waals surface area contributed by atoms with Crippen LogP contribution in [-0.4, -0.2) is 30.8 Å². The molecular formula is C9H19ClN2O2. The zero-order valence-corrected chi connectivity index (χ0v) is 9.74. The first kappa shape index (κ1) is 13.5. The van der Waals surface area contributed by atoms with Gasteiger partial charge in [-0.25, -0.2) is 4.79 Å². The Morgan fingerprint density at radius 1 is 1.50 bits per heavy atom. The highest BCUT2D eigenvalue weighted by atomic mass is 35.5. The number of hydrogen-bond acceptors (Lipinski definition) is 3. The van der Waals surface area contributed by atoms with E-state index in [1.165, 1.54) is 0 Å². The molecule has 1 atom stereocenters. The Labute approximate surface area is 91.2 Å². The van der Waals surface area contributed by atoms with Crippen LogP contribution in [-0.2, 0) is 4.74 Å². The number of carbonyl (C=O) groups excluding carboxylic acids is 1. The predicted octanol–water partition coefficient (Wildman–Crippen LogP) is 1.29. The molecule has 0 saturated carbocycles. The standard InChI is InChI=1S/C9H18N2O2.ClH/c1-9(2,3)13-8(12)11-7-4-5-10-6-7;/h7,10H,4-6H2,1-3H3,(H,11,12);1H. The fourth-order valence-corrected chi connectivity index (χ4v) is 1.25. The number of rotatable bonds is 1. The van der Waals surface area contributed by atoms with Crippen LogP contribution in [0.15, 0.2) is 0 Å². The molecule has 1 aliphatic heterocycles. The highest BCUT2D eigenvalue weighted by Gasteiger charge is 2.21. The second kappa shape index (κ2) is 5.41. The summed E-state index contributed by atoms with van der Waals surface area (Å²) < 4.78 is 5.12. The van der Waals surface area contributed by atoms with Gasteiger partial charge in [0.05, 0.1) is 0 Å². The van der Waals surface area contributed by atoms with Crippen molar-refractivity contribution in [1.29, 1.82) is 0 Å². The van der Waals surface area contributed by atoms with Crippen molar-refractivity contribution in [1.82, 2.24) is 10.6 Å². The average Bonchev–Trinajstić information content (AvgIpc) is 2.34. The Bertz CT molecular complexity index is 186. The Morgan fingerprint density at radius 3 is 2.57 bits per heavy atom. The van der Waals surface area contributed by atoms with Crippen LogP contribution in [0.3, 0.4) is 0 Å². The minimum atomic E-state index is -0.407. The summed E-state index contributed by atoms with van der Waals surface area (Å²) >= 11 is 0. The zero-order valence-electron chi connectivity index (χ0n) is 8.92. The van der Waals surface area contributed by atoms with Gasteiger partial charge in [0.25, 0.3) is 0 Å². The fraction of sp³-hybridized carbons (Fsp3) is 0.889. The molecule has 2 N–H and O–H groups in total. The molecule has 1 amide bonds. The van der Waals surface area contributed by atoms with Gasteiger partial charge in [-0.1, -0.05) is 0 Å². The van der Waals surface area contributed by atoms with Crippen molar-refractivity contribution in [3.63, 3.8) is 0 Å². The van der Waals surface area contributed by atoms with Gasteiger partial charge < -0.3 is 15.4 Å². The molecule has 5 heteroatoms. The molecule has 1 aliphatic rings. The molecule has 14 heavy (non-hydrogen) atoms. The Balaban J connectivity index is 0.00000169. The second-order valence-corrected chi connectivity index (χ2v) is 4.34. The lowest BCUT2D eigenvalue weighted by molar-refractivity contribution is 0.0508. The van der Waals surface area contributed by atoms with E-state index in [2.05, 4.69) is 10.6 Å². The number of ether oxygens (including phenoxy) is 1. The molecule has 0 aromatic carbocycles. The summed E-state index contributed by atoms with van der Waals surface area (Å²) in [5.74, 6) is 0. The molecule has 0 bridgehead atoms. The smallest absolute Gasteiger partial charge is 0.407 e. The molecule has 1 rings (SSSR count). The lowest BCUT2D eigenvalue weighted by Crippen LogP contribution is -2.40. The highest BCUT2D eigenvalue weighted by molar-refractivity contribution is 5.85. The largest absolute Gasteiger partial charge is 0.444 e. The molecule has 0 spiro atoms. The first-order valence-corrected chi connectivity index (χ1v) is 4.67. The topological polar surface area (TPSA) is 50.4 Å². The summed E-state index contributed by atoms with van der Waals surface area (Å²) in [4.78, 5) is 11.3. The van der Waals surface area contributed by atoms with Crippen molar-refractivity contribution in [2.24, 2.45) is 0 Å². The zero-order chi connectivity index (χ0) is 9.90. The SMILES string of the molecule is CC(C)(C)OC(=O)NC1CCNC1.Cl. The van der Waals surface area contributed by atoms with Gasteiger partial charge in [-0.15, -0.1) is 12.4 Å². The van der Waals surface area contributed by atoms with Crippen molar-refractivity contribution < 1.29 is 9.53 Å². The Morgan fingerprint density at radius 2 is 2.14 bits per heavy atom. The Kier molecular flexibility index (Phi) is 5.23. The summed E-state index contributed by atoms with van der Waals surface area (Å²) in [6.07, 6.45) is 0.667. The average molecular weight is 223 g/mol. The maximum Gasteiger partial charge on any atom is 0.407 e. The van der Waals surface area contributed by atoms with E-state index in [0.717, 1.165) is 19.5 Å². The number of alkyl carbamates (subject to hydrolysis) is 1. The lowest BCUT2D eigenvalue weighted by atomic mass is 10.2. The van der Waals surface area contributed by atoms with E-state index in [0.29, 0.717) is 0 Å². The summed E-state index contributed by atoms with van der Waals surface area (Å²) in [5.41, 5.74) is -0.407. The van der Waals surface area contributed by atoms with Crippen LogP contribution >= 0.6 is 12.4 Å². The van der Waals surface area contributed by atoms with Crippen LogP contribution in [0, 0.1) is 0 Å². The third kappa shape index (κ3) is 5.29. The highest BCUT2D eigenvalue weighted by Crippen LogP contribution is 2.07. The Hall–Kier alpha value is -0.480. The summed E-state index contributed by atoms with van der Waals surface area (Å²) in [5, 5.41) is 5.98. The minimum absolute atomic E-state index is 0. The molecule has 0 radical (unpaired) electrons. The van der Waals surface area contributed by atoms with Crippen LogP contribution in [0.2, 0.25) is 0 Å². The van der Waals surface area contributed by atoms with Crippen molar-refractivity contribution in [3.8, 4) is 0 Å². The third-order valence-corrected chi connectivity index (χ3v) is 1.78. The van der Waals surface area contributed by atoms with Gasteiger partial charge in [-0.2, -0.15) is 0 Å². The van der Waals surface area contributed by atoms with Gasteiger partial charge in [-0.05, 0) is 33.7 Å². The summed E-state index contributed by atoms with van der Waals surface area (Å²) in [6.45, 7) is 7.40. The molecule has 84 valence electrons. The molecular weight excluding hydrogens is 204 g/mol. The minimum Gasteiger partial charge on any atom is -0.444 e. The number of amides is 1. The van der Waals surface area contributed by atoms with Crippen LogP contribution in [0.4, 0.5) is 4.79 Å². The quantitative estimate of drug-likeness (QED) is 0.703. The van der Waals surface area contributed by atoms with Crippen LogP contribution in [0.25, 0.3) is 0 Å². The van der Waals surface area contributed by atoms with E-state index < -0.39 is 5.60 Å². The molecule has 0 aliphatic carbocycles. The molecule has 1 saturated heterocycles. The fourth-order valence-electron chi connectivity index (χ4n) is 1.25. The van der Waals surface area contributed by atoms with E-state index in [-0.39, 0.29) is 24.5 Å². The maximum absolute atomic E-state index is 11.3. The number of nitrogens with one attached hydrogen (secondary N) is 2. The van der Waals surface area contributed by atoms with E-state index in [1.807, 2.05) is 20.8 Å². The van der Waals surface area contributed by atoms with E-state index >= 15 is 0 Å². The monoisotopic (exact) mass is 222 g/mol. The predicted molar refractivity (Wildman–Crippen MR) is 57.9 cm³/mol. The second-order valence-electron chi connectivity index (χ2n) is 4.34. The van der Waals surface area contributed by atoms with Crippen LogP contribution < -0.4 is 10.6 Å². The number of halogens is 1. The molecule has 1 fully saturated rings. The third-order valence-electron chi connectivity index (χ3n) is 1.78.